The molecule has 0 atom stereocenters. The van der Waals surface area contributed by atoms with Crippen LogP contribution in [0.3, 0.4) is 0 Å². The number of thiophene rings is 1. The van der Waals surface area contributed by atoms with Gasteiger partial charge in [-0.15, -0.1) is 11.3 Å². The molecule has 0 fully saturated rings. The Hall–Kier alpha value is -3.39. The Balaban J connectivity index is 1.55. The summed E-state index contributed by atoms with van der Waals surface area (Å²) >= 11 is 1.40. The Bertz CT molecular complexity index is 1050. The molecule has 1 aromatic heterocycles. The number of benzene rings is 2. The molecule has 0 spiro atoms. The average Bonchev–Trinajstić information content (AvgIpc) is 3.28. The second-order valence-electron chi connectivity index (χ2n) is 6.39. The van der Waals surface area contributed by atoms with Gasteiger partial charge in [0.05, 0.1) is 26.2 Å². The van der Waals surface area contributed by atoms with Crippen molar-refractivity contribution < 1.29 is 28.5 Å². The number of nitrogens with one attached hydrogen (secondary N) is 1. The van der Waals surface area contributed by atoms with E-state index >= 15 is 0 Å². The van der Waals surface area contributed by atoms with E-state index in [1.54, 1.807) is 18.2 Å². The van der Waals surface area contributed by atoms with Crippen LogP contribution < -0.4 is 29.0 Å². The molecule has 4 rings (SSSR count). The van der Waals surface area contributed by atoms with Crippen LogP contribution in [0.5, 0.6) is 28.7 Å². The van der Waals surface area contributed by atoms with Gasteiger partial charge in [0, 0.05) is 22.7 Å². The first-order valence-electron chi connectivity index (χ1n) is 9.24. The van der Waals surface area contributed by atoms with E-state index in [0.717, 1.165) is 21.9 Å². The Morgan fingerprint density at radius 2 is 1.60 bits per heavy atom. The summed E-state index contributed by atoms with van der Waals surface area (Å²) in [7, 11) is 4.59. The Kier molecular flexibility index (Phi) is 5.67. The molecular weight excluding hydrogens is 406 g/mol. The van der Waals surface area contributed by atoms with E-state index in [0.29, 0.717) is 41.0 Å². The van der Waals surface area contributed by atoms with E-state index in [1.165, 1.54) is 32.7 Å². The normalized spacial score (nSPS) is 12.2. The van der Waals surface area contributed by atoms with E-state index in [9.17, 15) is 4.79 Å². The average molecular weight is 427 g/mol. The lowest BCUT2D eigenvalue weighted by Crippen LogP contribution is -2.15. The van der Waals surface area contributed by atoms with Crippen LogP contribution in [-0.2, 0) is 0 Å². The minimum absolute atomic E-state index is 0.224. The summed E-state index contributed by atoms with van der Waals surface area (Å²) < 4.78 is 27.2. The van der Waals surface area contributed by atoms with Gasteiger partial charge in [0.15, 0.2) is 23.0 Å². The Morgan fingerprint density at radius 3 is 2.27 bits per heavy atom. The highest BCUT2D eigenvalue weighted by atomic mass is 32.1. The van der Waals surface area contributed by atoms with Crippen molar-refractivity contribution in [2.75, 3.05) is 39.9 Å². The lowest BCUT2D eigenvalue weighted by atomic mass is 10.1. The van der Waals surface area contributed by atoms with Gasteiger partial charge in [-0.2, -0.15) is 0 Å². The van der Waals surface area contributed by atoms with Crippen molar-refractivity contribution in [2.24, 2.45) is 0 Å². The smallest absolute Gasteiger partial charge is 0.265 e. The van der Waals surface area contributed by atoms with Crippen molar-refractivity contribution in [2.45, 2.75) is 0 Å². The largest absolute Gasteiger partial charge is 0.493 e. The van der Waals surface area contributed by atoms with Gasteiger partial charge in [0.25, 0.3) is 5.91 Å². The third kappa shape index (κ3) is 3.86. The van der Waals surface area contributed by atoms with Gasteiger partial charge in [0.1, 0.15) is 13.2 Å². The number of carbonyl (C=O) groups excluding carboxylic acids is 1. The van der Waals surface area contributed by atoms with Crippen LogP contribution in [0, 0.1) is 0 Å². The summed E-state index contributed by atoms with van der Waals surface area (Å²) in [6.07, 6.45) is 0. The van der Waals surface area contributed by atoms with Crippen LogP contribution in [0.15, 0.2) is 42.5 Å². The lowest BCUT2D eigenvalue weighted by molar-refractivity contribution is 0.103. The number of fused-ring (bicyclic) bond motifs is 1. The number of carbonyl (C=O) groups is 1. The van der Waals surface area contributed by atoms with Gasteiger partial charge in [0.2, 0.25) is 5.75 Å². The molecule has 156 valence electrons. The lowest BCUT2D eigenvalue weighted by Gasteiger charge is -2.18. The predicted octanol–water partition coefficient (Wildman–Crippen LogP) is 4.46. The molecule has 0 saturated heterocycles. The maximum atomic E-state index is 12.8. The maximum Gasteiger partial charge on any atom is 0.265 e. The number of hydrogen-bond donors (Lipinski definition) is 1. The second-order valence-corrected chi connectivity index (χ2v) is 7.47. The monoisotopic (exact) mass is 427 g/mol. The van der Waals surface area contributed by atoms with Crippen LogP contribution in [0.25, 0.3) is 10.4 Å². The molecule has 3 aromatic rings. The highest BCUT2D eigenvalue weighted by Gasteiger charge is 2.17. The number of methoxy groups -OCH3 is 3. The minimum Gasteiger partial charge on any atom is -0.493 e. The van der Waals surface area contributed by atoms with Gasteiger partial charge in [-0.05, 0) is 35.9 Å². The van der Waals surface area contributed by atoms with Gasteiger partial charge >= 0.3 is 0 Å². The fourth-order valence-corrected chi connectivity index (χ4v) is 4.06. The number of hydrogen-bond acceptors (Lipinski definition) is 7. The summed E-state index contributed by atoms with van der Waals surface area (Å²) in [6, 6.07) is 12.9. The third-order valence-corrected chi connectivity index (χ3v) is 5.71. The number of anilines is 1. The van der Waals surface area contributed by atoms with E-state index in [2.05, 4.69) is 5.32 Å². The first-order valence-corrected chi connectivity index (χ1v) is 10.1. The fourth-order valence-electron chi connectivity index (χ4n) is 3.16. The van der Waals surface area contributed by atoms with Crippen LogP contribution in [0.4, 0.5) is 5.69 Å². The molecule has 0 bridgehead atoms. The summed E-state index contributed by atoms with van der Waals surface area (Å²) in [5.74, 6) is 2.64. The molecule has 1 N–H and O–H groups in total. The number of rotatable bonds is 6. The van der Waals surface area contributed by atoms with Crippen LogP contribution in [0.1, 0.15) is 9.67 Å². The molecule has 0 saturated carbocycles. The molecule has 2 heterocycles. The van der Waals surface area contributed by atoms with Crippen molar-refractivity contribution in [3.8, 4) is 39.2 Å². The highest BCUT2D eigenvalue weighted by Crippen LogP contribution is 2.40. The van der Waals surface area contributed by atoms with Crippen LogP contribution in [-0.4, -0.2) is 40.5 Å². The van der Waals surface area contributed by atoms with Gasteiger partial charge < -0.3 is 29.0 Å². The zero-order valence-corrected chi connectivity index (χ0v) is 17.6. The first-order chi connectivity index (χ1) is 14.6. The Morgan fingerprint density at radius 1 is 0.900 bits per heavy atom. The zero-order valence-electron chi connectivity index (χ0n) is 16.8. The van der Waals surface area contributed by atoms with Gasteiger partial charge in [-0.1, -0.05) is 0 Å². The van der Waals surface area contributed by atoms with Crippen molar-refractivity contribution >= 4 is 22.9 Å². The third-order valence-electron chi connectivity index (χ3n) is 4.58. The molecule has 8 heteroatoms. The van der Waals surface area contributed by atoms with Crippen molar-refractivity contribution in [3.63, 3.8) is 0 Å². The summed E-state index contributed by atoms with van der Waals surface area (Å²) in [5, 5.41) is 2.88. The van der Waals surface area contributed by atoms with Crippen LogP contribution >= 0.6 is 11.3 Å². The van der Waals surface area contributed by atoms with E-state index in [4.69, 9.17) is 23.7 Å². The van der Waals surface area contributed by atoms with E-state index in [-0.39, 0.29) is 5.91 Å². The maximum absolute atomic E-state index is 12.8. The molecule has 1 amide bonds. The molecule has 2 aromatic carbocycles. The number of amides is 1. The molecule has 30 heavy (non-hydrogen) atoms. The molecule has 0 aliphatic carbocycles. The zero-order chi connectivity index (χ0) is 21.1. The first kappa shape index (κ1) is 19.9. The van der Waals surface area contributed by atoms with Crippen LogP contribution in [0.2, 0.25) is 0 Å². The van der Waals surface area contributed by atoms with E-state index < -0.39 is 0 Å². The molecule has 0 radical (unpaired) electrons. The molecule has 1 aliphatic rings. The topological polar surface area (TPSA) is 75.3 Å². The molecular formula is C22H21NO6S. The summed E-state index contributed by atoms with van der Waals surface area (Å²) in [4.78, 5) is 14.3. The van der Waals surface area contributed by atoms with E-state index in [1.807, 2.05) is 24.3 Å². The SMILES string of the molecule is COc1cc(NC(=O)c2ccc(-c3ccc4c(c3)OCCO4)s2)cc(OC)c1OC. The second kappa shape index (κ2) is 8.54. The van der Waals surface area contributed by atoms with Crippen molar-refractivity contribution in [1.82, 2.24) is 0 Å². The quantitative estimate of drug-likeness (QED) is 0.626. The van der Waals surface area contributed by atoms with Gasteiger partial charge in [-0.25, -0.2) is 0 Å². The minimum atomic E-state index is -0.224. The number of ether oxygens (including phenoxy) is 5. The predicted molar refractivity (Wildman–Crippen MR) is 115 cm³/mol. The van der Waals surface area contributed by atoms with Crippen molar-refractivity contribution in [1.29, 1.82) is 0 Å². The fraction of sp³-hybridized carbons (Fsp3) is 0.227. The summed E-state index contributed by atoms with van der Waals surface area (Å²) in [6.45, 7) is 1.08. The highest BCUT2D eigenvalue weighted by molar-refractivity contribution is 7.17. The van der Waals surface area contributed by atoms with Crippen molar-refractivity contribution in [3.05, 3.63) is 47.3 Å². The molecule has 0 unspecified atom stereocenters. The molecule has 1 aliphatic heterocycles. The molecule has 7 nitrogen and oxygen atoms in total. The summed E-state index contributed by atoms with van der Waals surface area (Å²) in [5.41, 5.74) is 1.51. The Labute approximate surface area is 178 Å². The standard InChI is InChI=1S/C22H21NO6S/c1-25-17-11-14(12-18(26-2)21(17)27-3)23-22(24)20-7-6-19(30-20)13-4-5-15-16(10-13)29-9-8-28-15/h4-7,10-12H,8-9H2,1-3H3,(H,23,24). The van der Waals surface area contributed by atoms with Gasteiger partial charge in [-0.3, -0.25) is 4.79 Å².